The molecule has 0 spiro atoms. The van der Waals surface area contributed by atoms with Crippen molar-refractivity contribution < 1.29 is 5.11 Å². The molecule has 3 N–H and O–H groups in total. The van der Waals surface area contributed by atoms with Crippen molar-refractivity contribution in [2.45, 2.75) is 45.6 Å². The molecule has 2 atom stereocenters. The van der Waals surface area contributed by atoms with Crippen LogP contribution in [0.5, 0.6) is 0 Å². The lowest BCUT2D eigenvalue weighted by Crippen LogP contribution is -2.26. The maximum absolute atomic E-state index is 10.2. The highest BCUT2D eigenvalue weighted by molar-refractivity contribution is 5.25. The van der Waals surface area contributed by atoms with Gasteiger partial charge in [0.2, 0.25) is 0 Å². The summed E-state index contributed by atoms with van der Waals surface area (Å²) < 4.78 is 0. The van der Waals surface area contributed by atoms with Gasteiger partial charge in [-0.05, 0) is 31.2 Å². The molecule has 0 saturated carbocycles. The van der Waals surface area contributed by atoms with Gasteiger partial charge in [-0.1, -0.05) is 43.7 Å². The van der Waals surface area contributed by atoms with Crippen molar-refractivity contribution in [2.75, 3.05) is 6.54 Å². The SMILES string of the molecule is Cc1ccc(C(CN)C(O)CCC(C)C)cc1. The first-order valence-electron chi connectivity index (χ1n) is 6.49. The van der Waals surface area contributed by atoms with E-state index in [9.17, 15) is 5.11 Å². The highest BCUT2D eigenvalue weighted by Crippen LogP contribution is 2.23. The lowest BCUT2D eigenvalue weighted by molar-refractivity contribution is 0.129. The van der Waals surface area contributed by atoms with Crippen LogP contribution in [-0.4, -0.2) is 17.8 Å². The molecule has 0 aromatic heterocycles. The zero-order valence-corrected chi connectivity index (χ0v) is 11.2. The van der Waals surface area contributed by atoms with E-state index in [0.717, 1.165) is 18.4 Å². The molecule has 1 rings (SSSR count). The highest BCUT2D eigenvalue weighted by atomic mass is 16.3. The van der Waals surface area contributed by atoms with E-state index in [1.165, 1.54) is 5.56 Å². The van der Waals surface area contributed by atoms with Crippen LogP contribution in [0, 0.1) is 12.8 Å². The van der Waals surface area contributed by atoms with Gasteiger partial charge >= 0.3 is 0 Å². The summed E-state index contributed by atoms with van der Waals surface area (Å²) in [6.07, 6.45) is 1.54. The van der Waals surface area contributed by atoms with Gasteiger partial charge in [-0.15, -0.1) is 0 Å². The van der Waals surface area contributed by atoms with E-state index in [2.05, 4.69) is 45.0 Å². The Labute approximate surface area is 105 Å². The van der Waals surface area contributed by atoms with Crippen LogP contribution in [0.3, 0.4) is 0 Å². The first kappa shape index (κ1) is 14.2. The predicted octanol–water partition coefficient (Wildman–Crippen LogP) is 2.83. The summed E-state index contributed by atoms with van der Waals surface area (Å²) in [4.78, 5) is 0. The van der Waals surface area contributed by atoms with Crippen LogP contribution < -0.4 is 5.73 Å². The average molecular weight is 235 g/mol. The van der Waals surface area contributed by atoms with E-state index in [1.807, 2.05) is 0 Å². The first-order valence-corrected chi connectivity index (χ1v) is 6.49. The van der Waals surface area contributed by atoms with Gasteiger partial charge in [0.25, 0.3) is 0 Å². The second kappa shape index (κ2) is 6.77. The van der Waals surface area contributed by atoms with Crippen molar-refractivity contribution in [1.29, 1.82) is 0 Å². The van der Waals surface area contributed by atoms with Gasteiger partial charge in [-0.3, -0.25) is 0 Å². The zero-order chi connectivity index (χ0) is 12.8. The Hall–Kier alpha value is -0.860. The van der Waals surface area contributed by atoms with Gasteiger partial charge in [0.1, 0.15) is 0 Å². The molecule has 0 aliphatic heterocycles. The summed E-state index contributed by atoms with van der Waals surface area (Å²) >= 11 is 0. The fourth-order valence-electron chi connectivity index (χ4n) is 2.03. The standard InChI is InChI=1S/C15H25NO/c1-11(2)4-9-15(17)14(10-16)13-7-5-12(3)6-8-13/h5-8,11,14-15,17H,4,9-10,16H2,1-3H3. The highest BCUT2D eigenvalue weighted by Gasteiger charge is 2.19. The van der Waals surface area contributed by atoms with Gasteiger partial charge < -0.3 is 10.8 Å². The second-order valence-corrected chi connectivity index (χ2v) is 5.29. The lowest BCUT2D eigenvalue weighted by Gasteiger charge is -2.22. The number of hydrogen-bond acceptors (Lipinski definition) is 2. The van der Waals surface area contributed by atoms with Crippen LogP contribution in [0.2, 0.25) is 0 Å². The van der Waals surface area contributed by atoms with E-state index in [4.69, 9.17) is 5.73 Å². The van der Waals surface area contributed by atoms with Crippen LogP contribution in [0.4, 0.5) is 0 Å². The maximum atomic E-state index is 10.2. The third-order valence-electron chi connectivity index (χ3n) is 3.26. The van der Waals surface area contributed by atoms with Crippen LogP contribution in [-0.2, 0) is 0 Å². The van der Waals surface area contributed by atoms with Crippen molar-refractivity contribution in [1.82, 2.24) is 0 Å². The molecule has 2 nitrogen and oxygen atoms in total. The molecular formula is C15H25NO. The first-order chi connectivity index (χ1) is 8.04. The summed E-state index contributed by atoms with van der Waals surface area (Å²) in [6, 6.07) is 8.30. The maximum Gasteiger partial charge on any atom is 0.0621 e. The normalized spacial score (nSPS) is 14.9. The molecule has 1 aromatic rings. The number of aliphatic hydroxyl groups is 1. The zero-order valence-electron chi connectivity index (χ0n) is 11.2. The molecule has 2 unspecified atom stereocenters. The van der Waals surface area contributed by atoms with E-state index >= 15 is 0 Å². The number of rotatable bonds is 6. The third-order valence-corrected chi connectivity index (χ3v) is 3.26. The van der Waals surface area contributed by atoms with Gasteiger partial charge in [0.05, 0.1) is 6.10 Å². The smallest absolute Gasteiger partial charge is 0.0621 e. The quantitative estimate of drug-likeness (QED) is 0.796. The van der Waals surface area contributed by atoms with Crippen molar-refractivity contribution >= 4 is 0 Å². The number of aliphatic hydroxyl groups excluding tert-OH is 1. The fraction of sp³-hybridized carbons (Fsp3) is 0.600. The Morgan fingerprint density at radius 3 is 2.18 bits per heavy atom. The Morgan fingerprint density at radius 2 is 1.71 bits per heavy atom. The van der Waals surface area contributed by atoms with Crippen LogP contribution in [0.1, 0.15) is 43.7 Å². The van der Waals surface area contributed by atoms with E-state index in [1.54, 1.807) is 0 Å². The topological polar surface area (TPSA) is 46.2 Å². The third kappa shape index (κ3) is 4.49. The number of benzene rings is 1. The number of nitrogens with two attached hydrogens (primary N) is 1. The fourth-order valence-corrected chi connectivity index (χ4v) is 2.03. The van der Waals surface area contributed by atoms with E-state index in [0.29, 0.717) is 12.5 Å². The van der Waals surface area contributed by atoms with Gasteiger partial charge in [0.15, 0.2) is 0 Å². The monoisotopic (exact) mass is 235 g/mol. The molecule has 1 aromatic carbocycles. The predicted molar refractivity (Wildman–Crippen MR) is 73.1 cm³/mol. The van der Waals surface area contributed by atoms with Gasteiger partial charge in [0, 0.05) is 12.5 Å². The Bertz CT molecular complexity index is 318. The summed E-state index contributed by atoms with van der Waals surface area (Å²) in [6.45, 7) is 6.92. The minimum Gasteiger partial charge on any atom is -0.392 e. The summed E-state index contributed by atoms with van der Waals surface area (Å²) in [5, 5.41) is 10.2. The van der Waals surface area contributed by atoms with E-state index < -0.39 is 0 Å². The Morgan fingerprint density at radius 1 is 1.12 bits per heavy atom. The second-order valence-electron chi connectivity index (χ2n) is 5.29. The average Bonchev–Trinajstić information content (AvgIpc) is 2.30. The Balaban J connectivity index is 2.66. The van der Waals surface area contributed by atoms with Crippen molar-refractivity contribution in [3.63, 3.8) is 0 Å². The van der Waals surface area contributed by atoms with Gasteiger partial charge in [-0.2, -0.15) is 0 Å². The van der Waals surface area contributed by atoms with Crippen LogP contribution in [0.25, 0.3) is 0 Å². The molecule has 0 heterocycles. The van der Waals surface area contributed by atoms with Crippen molar-refractivity contribution in [2.24, 2.45) is 11.7 Å². The van der Waals surface area contributed by atoms with E-state index in [-0.39, 0.29) is 12.0 Å². The van der Waals surface area contributed by atoms with Crippen LogP contribution >= 0.6 is 0 Å². The molecule has 96 valence electrons. The molecule has 2 heteroatoms. The molecule has 0 amide bonds. The summed E-state index contributed by atoms with van der Waals surface area (Å²) in [7, 11) is 0. The molecular weight excluding hydrogens is 210 g/mol. The summed E-state index contributed by atoms with van der Waals surface area (Å²) in [5.74, 6) is 0.690. The summed E-state index contributed by atoms with van der Waals surface area (Å²) in [5.41, 5.74) is 8.17. The molecule has 17 heavy (non-hydrogen) atoms. The minimum atomic E-state index is -0.329. The number of hydrogen-bond donors (Lipinski definition) is 2. The molecule has 0 radical (unpaired) electrons. The molecule has 0 fully saturated rings. The molecule has 0 bridgehead atoms. The van der Waals surface area contributed by atoms with Gasteiger partial charge in [-0.25, -0.2) is 0 Å². The number of aryl methyl sites for hydroxylation is 1. The molecule has 0 aliphatic carbocycles. The van der Waals surface area contributed by atoms with Crippen LogP contribution in [0.15, 0.2) is 24.3 Å². The Kier molecular flexibility index (Phi) is 5.66. The minimum absolute atomic E-state index is 0.0642. The van der Waals surface area contributed by atoms with Crippen molar-refractivity contribution in [3.05, 3.63) is 35.4 Å². The lowest BCUT2D eigenvalue weighted by atomic mass is 9.89. The molecule has 0 saturated heterocycles. The molecule has 0 aliphatic rings. The largest absolute Gasteiger partial charge is 0.392 e. The van der Waals surface area contributed by atoms with Crippen molar-refractivity contribution in [3.8, 4) is 0 Å².